The molecule has 8 heteroatoms. The lowest BCUT2D eigenvalue weighted by atomic mass is 9.94. The van der Waals surface area contributed by atoms with Gasteiger partial charge in [0.1, 0.15) is 5.69 Å². The van der Waals surface area contributed by atoms with Crippen LogP contribution in [0.3, 0.4) is 0 Å². The van der Waals surface area contributed by atoms with E-state index in [1.807, 2.05) is 4.90 Å². The van der Waals surface area contributed by atoms with Gasteiger partial charge >= 0.3 is 12.3 Å². The van der Waals surface area contributed by atoms with Crippen LogP contribution in [-0.4, -0.2) is 65.3 Å². The van der Waals surface area contributed by atoms with Gasteiger partial charge in [0, 0.05) is 44.8 Å². The molecule has 25 heavy (non-hydrogen) atoms. The van der Waals surface area contributed by atoms with Gasteiger partial charge in [-0.3, -0.25) is 14.7 Å². The van der Waals surface area contributed by atoms with E-state index in [0.29, 0.717) is 25.3 Å². The first kappa shape index (κ1) is 18.1. The Morgan fingerprint density at radius 3 is 2.72 bits per heavy atom. The number of hydrogen-bond donors (Lipinski definition) is 0. The zero-order valence-corrected chi connectivity index (χ0v) is 13.8. The zero-order valence-electron chi connectivity index (χ0n) is 13.8. The minimum Gasteiger partial charge on any atom is -0.335 e. The Kier molecular flexibility index (Phi) is 5.27. The molecule has 0 radical (unpaired) electrons. The fourth-order valence-corrected chi connectivity index (χ4v) is 3.67. The lowest BCUT2D eigenvalue weighted by molar-refractivity contribution is -0.137. The van der Waals surface area contributed by atoms with Crippen molar-refractivity contribution in [3.8, 4) is 0 Å². The molecule has 1 aromatic heterocycles. The van der Waals surface area contributed by atoms with Crippen molar-refractivity contribution in [2.75, 3.05) is 26.2 Å². The highest BCUT2D eigenvalue weighted by molar-refractivity contribution is 5.92. The monoisotopic (exact) mass is 359 g/mol. The molecular formula is C17H21F4N3O. The fraction of sp³-hybridized carbons (Fsp3) is 0.647. The van der Waals surface area contributed by atoms with E-state index in [1.165, 1.54) is 0 Å². The first-order valence-corrected chi connectivity index (χ1v) is 8.47. The highest BCUT2D eigenvalue weighted by Crippen LogP contribution is 2.32. The number of carbonyl (C=O) groups is 1. The summed E-state index contributed by atoms with van der Waals surface area (Å²) in [7, 11) is 0. The summed E-state index contributed by atoms with van der Waals surface area (Å²) < 4.78 is 51.2. The summed E-state index contributed by atoms with van der Waals surface area (Å²) in [5, 5.41) is 0. The third-order valence-electron chi connectivity index (χ3n) is 5.05. The maximum Gasteiger partial charge on any atom is 0.308 e. The van der Waals surface area contributed by atoms with Gasteiger partial charge in [-0.2, -0.15) is 0 Å². The van der Waals surface area contributed by atoms with Crippen molar-refractivity contribution in [1.82, 2.24) is 14.8 Å². The zero-order chi connectivity index (χ0) is 18.0. The van der Waals surface area contributed by atoms with Gasteiger partial charge in [0.15, 0.2) is 0 Å². The summed E-state index contributed by atoms with van der Waals surface area (Å²) in [6.45, 7) is 1.46. The first-order chi connectivity index (χ1) is 11.9. The largest absolute Gasteiger partial charge is 0.335 e. The van der Waals surface area contributed by atoms with Gasteiger partial charge < -0.3 is 4.90 Å². The van der Waals surface area contributed by atoms with E-state index >= 15 is 0 Å². The molecule has 138 valence electrons. The standard InChI is InChI=1S/C17H21F4N3O/c18-16(19)17(20,21)6-8-23-9-12-4-5-13(23)11-24(10-12)15(25)14-3-1-2-7-22-14/h1-3,7,12-13,16H,4-6,8-11H2/t12-,13-/m0/s1. The van der Waals surface area contributed by atoms with Crippen molar-refractivity contribution in [3.05, 3.63) is 30.1 Å². The second-order valence-electron chi connectivity index (χ2n) is 6.83. The van der Waals surface area contributed by atoms with Crippen LogP contribution in [0.1, 0.15) is 29.8 Å². The SMILES string of the molecule is O=C(c1ccccn1)N1C[C@H]2CC[C@@H](C1)N(CCC(F)(F)C(F)F)C2. The molecule has 3 fully saturated rings. The number of hydrogen-bond acceptors (Lipinski definition) is 3. The van der Waals surface area contributed by atoms with Crippen LogP contribution in [0.15, 0.2) is 24.4 Å². The van der Waals surface area contributed by atoms with Gasteiger partial charge in [0.2, 0.25) is 0 Å². The number of aromatic nitrogens is 1. The lowest BCUT2D eigenvalue weighted by Crippen LogP contribution is -2.46. The molecule has 0 saturated carbocycles. The van der Waals surface area contributed by atoms with Gasteiger partial charge in [-0.25, -0.2) is 17.6 Å². The summed E-state index contributed by atoms with van der Waals surface area (Å²) in [5.74, 6) is -3.96. The molecular weight excluding hydrogens is 338 g/mol. The summed E-state index contributed by atoms with van der Waals surface area (Å²) in [5.41, 5.74) is 0.361. The van der Waals surface area contributed by atoms with E-state index in [4.69, 9.17) is 0 Å². The van der Waals surface area contributed by atoms with Crippen LogP contribution in [0.2, 0.25) is 0 Å². The molecule has 4 heterocycles. The molecule has 1 amide bonds. The van der Waals surface area contributed by atoms with E-state index in [1.54, 1.807) is 29.3 Å². The third kappa shape index (κ3) is 4.11. The maximum atomic E-state index is 13.2. The van der Waals surface area contributed by atoms with Crippen LogP contribution >= 0.6 is 0 Å². The highest BCUT2D eigenvalue weighted by atomic mass is 19.3. The molecule has 3 saturated heterocycles. The number of alkyl halides is 4. The van der Waals surface area contributed by atoms with Crippen molar-refractivity contribution >= 4 is 5.91 Å². The Morgan fingerprint density at radius 1 is 1.24 bits per heavy atom. The van der Waals surface area contributed by atoms with Gasteiger partial charge in [-0.05, 0) is 30.9 Å². The molecule has 0 unspecified atom stereocenters. The summed E-state index contributed by atoms with van der Waals surface area (Å²) in [4.78, 5) is 20.2. The molecule has 3 aliphatic rings. The normalized spacial score (nSPS) is 24.6. The molecule has 0 aliphatic carbocycles. The van der Waals surface area contributed by atoms with Crippen molar-refractivity contribution in [1.29, 1.82) is 0 Å². The van der Waals surface area contributed by atoms with Crippen molar-refractivity contribution in [3.63, 3.8) is 0 Å². The van der Waals surface area contributed by atoms with Gasteiger partial charge in [0.25, 0.3) is 5.91 Å². The molecule has 1 aromatic rings. The number of nitrogens with zero attached hydrogens (tertiary/aromatic N) is 3. The Labute approximate surface area is 143 Å². The van der Waals surface area contributed by atoms with Crippen LogP contribution in [-0.2, 0) is 0 Å². The molecule has 4 nitrogen and oxygen atoms in total. The van der Waals surface area contributed by atoms with Crippen molar-refractivity contribution in [2.24, 2.45) is 5.92 Å². The number of piperidine rings is 1. The van der Waals surface area contributed by atoms with Gasteiger partial charge in [-0.1, -0.05) is 6.07 Å². The molecule has 2 bridgehead atoms. The maximum absolute atomic E-state index is 13.2. The average Bonchev–Trinajstić information content (AvgIpc) is 2.92. The topological polar surface area (TPSA) is 36.4 Å². The molecule has 0 spiro atoms. The van der Waals surface area contributed by atoms with Gasteiger partial charge in [-0.15, -0.1) is 0 Å². The average molecular weight is 359 g/mol. The number of carbonyl (C=O) groups excluding carboxylic acids is 1. The van der Waals surface area contributed by atoms with Crippen LogP contribution < -0.4 is 0 Å². The van der Waals surface area contributed by atoms with Crippen LogP contribution in [0.25, 0.3) is 0 Å². The Balaban J connectivity index is 1.65. The van der Waals surface area contributed by atoms with E-state index in [-0.39, 0.29) is 24.4 Å². The minimum absolute atomic E-state index is 0.0696. The molecule has 3 aliphatic heterocycles. The second-order valence-corrected chi connectivity index (χ2v) is 6.83. The lowest BCUT2D eigenvalue weighted by Gasteiger charge is -2.36. The predicted octanol–water partition coefficient (Wildman–Crippen LogP) is 2.91. The second kappa shape index (κ2) is 7.27. The van der Waals surface area contributed by atoms with E-state index in [9.17, 15) is 22.4 Å². The molecule has 0 aromatic carbocycles. The Hall–Kier alpha value is -1.70. The van der Waals surface area contributed by atoms with Crippen LogP contribution in [0.5, 0.6) is 0 Å². The summed E-state index contributed by atoms with van der Waals surface area (Å²) >= 11 is 0. The quantitative estimate of drug-likeness (QED) is 0.759. The smallest absolute Gasteiger partial charge is 0.308 e. The Bertz CT molecular complexity index is 599. The van der Waals surface area contributed by atoms with Crippen molar-refractivity contribution < 1.29 is 22.4 Å². The van der Waals surface area contributed by atoms with Gasteiger partial charge in [0.05, 0.1) is 0 Å². The van der Waals surface area contributed by atoms with Crippen LogP contribution in [0.4, 0.5) is 17.6 Å². The minimum atomic E-state index is -3.96. The van der Waals surface area contributed by atoms with E-state index in [2.05, 4.69) is 4.98 Å². The highest BCUT2D eigenvalue weighted by Gasteiger charge is 2.43. The number of pyridine rings is 1. The fourth-order valence-electron chi connectivity index (χ4n) is 3.67. The van der Waals surface area contributed by atoms with E-state index in [0.717, 1.165) is 12.8 Å². The molecule has 4 rings (SSSR count). The number of amides is 1. The van der Waals surface area contributed by atoms with Crippen molar-refractivity contribution in [2.45, 2.75) is 37.7 Å². The molecule has 0 N–H and O–H groups in total. The number of halogens is 4. The predicted molar refractivity (Wildman–Crippen MR) is 83.8 cm³/mol. The summed E-state index contributed by atoms with van der Waals surface area (Å²) in [6.07, 6.45) is -1.24. The first-order valence-electron chi connectivity index (χ1n) is 8.47. The third-order valence-corrected chi connectivity index (χ3v) is 5.05. The summed E-state index contributed by atoms with van der Waals surface area (Å²) in [6, 6.07) is 5.05. The number of fused-ring (bicyclic) bond motifs is 4. The van der Waals surface area contributed by atoms with Crippen LogP contribution in [0, 0.1) is 5.92 Å². The Morgan fingerprint density at radius 2 is 2.04 bits per heavy atom. The molecule has 2 atom stereocenters. The van der Waals surface area contributed by atoms with E-state index < -0.39 is 18.8 Å². The number of rotatable bonds is 5.